The van der Waals surface area contributed by atoms with Crippen molar-refractivity contribution in [3.8, 4) is 0 Å². The molecule has 5 nitrogen and oxygen atoms in total. The van der Waals surface area contributed by atoms with Gasteiger partial charge in [-0.2, -0.15) is 0 Å². The zero-order valence-corrected chi connectivity index (χ0v) is 10.5. The summed E-state index contributed by atoms with van der Waals surface area (Å²) in [7, 11) is 0. The van der Waals surface area contributed by atoms with E-state index in [9.17, 15) is 14.7 Å². The molecule has 0 saturated heterocycles. The minimum atomic E-state index is -0.944. The third-order valence-electron chi connectivity index (χ3n) is 3.70. The monoisotopic (exact) mass is 260 g/mol. The lowest BCUT2D eigenvalue weighted by Gasteiger charge is -2.34. The molecule has 2 aliphatic rings. The summed E-state index contributed by atoms with van der Waals surface area (Å²) in [6.45, 7) is 0.367. The Bertz CT molecular complexity index is 525. The molecule has 1 heterocycles. The van der Waals surface area contributed by atoms with E-state index in [-0.39, 0.29) is 12.1 Å². The van der Waals surface area contributed by atoms with Crippen LogP contribution >= 0.6 is 0 Å². The van der Waals surface area contributed by atoms with Gasteiger partial charge in [0.05, 0.1) is 0 Å². The van der Waals surface area contributed by atoms with Gasteiger partial charge in [-0.05, 0) is 24.0 Å². The molecule has 1 saturated carbocycles. The highest BCUT2D eigenvalue weighted by Gasteiger charge is 2.36. The molecule has 0 unspecified atom stereocenters. The first-order chi connectivity index (χ1) is 9.15. The third kappa shape index (κ3) is 2.41. The van der Waals surface area contributed by atoms with Crippen LogP contribution in [0.25, 0.3) is 0 Å². The average molecular weight is 260 g/mol. The Kier molecular flexibility index (Phi) is 2.89. The Hall–Kier alpha value is -2.04. The lowest BCUT2D eigenvalue weighted by atomic mass is 9.94. The van der Waals surface area contributed by atoms with Gasteiger partial charge in [0.25, 0.3) is 0 Å². The van der Waals surface area contributed by atoms with Gasteiger partial charge in [0, 0.05) is 19.0 Å². The van der Waals surface area contributed by atoms with E-state index in [2.05, 4.69) is 5.32 Å². The number of nitrogens with one attached hydrogen (secondary N) is 1. The van der Waals surface area contributed by atoms with Crippen LogP contribution < -0.4 is 5.32 Å². The fourth-order valence-electron chi connectivity index (χ4n) is 2.44. The van der Waals surface area contributed by atoms with Gasteiger partial charge >= 0.3 is 12.0 Å². The van der Waals surface area contributed by atoms with Crippen molar-refractivity contribution in [1.82, 2.24) is 10.2 Å². The summed E-state index contributed by atoms with van der Waals surface area (Å²) in [5.74, 6) is -0.944. The largest absolute Gasteiger partial charge is 0.480 e. The molecule has 5 heteroatoms. The van der Waals surface area contributed by atoms with E-state index in [1.54, 1.807) is 0 Å². The molecule has 100 valence electrons. The van der Waals surface area contributed by atoms with Gasteiger partial charge in [-0.25, -0.2) is 9.59 Å². The van der Waals surface area contributed by atoms with Crippen molar-refractivity contribution < 1.29 is 14.7 Å². The Morgan fingerprint density at radius 1 is 1.21 bits per heavy atom. The quantitative estimate of drug-likeness (QED) is 0.843. The van der Waals surface area contributed by atoms with Gasteiger partial charge in [-0.15, -0.1) is 0 Å². The highest BCUT2D eigenvalue weighted by Crippen LogP contribution is 2.25. The van der Waals surface area contributed by atoms with Crippen molar-refractivity contribution in [2.45, 2.75) is 37.9 Å². The Labute approximate surface area is 111 Å². The first-order valence-electron chi connectivity index (χ1n) is 6.52. The molecule has 2 N–H and O–H groups in total. The number of carbonyl (C=O) groups is 2. The Balaban J connectivity index is 1.84. The summed E-state index contributed by atoms with van der Waals surface area (Å²) in [6.07, 6.45) is 2.37. The Morgan fingerprint density at radius 3 is 2.53 bits per heavy atom. The van der Waals surface area contributed by atoms with Gasteiger partial charge in [0.1, 0.15) is 6.04 Å². The van der Waals surface area contributed by atoms with Crippen LogP contribution in [0.2, 0.25) is 0 Å². The first kappa shape index (κ1) is 12.0. The van der Waals surface area contributed by atoms with Crippen LogP contribution in [0.15, 0.2) is 24.3 Å². The number of hydrogen-bond donors (Lipinski definition) is 2. The molecule has 1 fully saturated rings. The number of rotatable bonds is 2. The second-order valence-electron chi connectivity index (χ2n) is 5.18. The zero-order chi connectivity index (χ0) is 13.4. The highest BCUT2D eigenvalue weighted by molar-refractivity contribution is 5.83. The van der Waals surface area contributed by atoms with Gasteiger partial charge < -0.3 is 15.3 Å². The summed E-state index contributed by atoms with van der Waals surface area (Å²) >= 11 is 0. The van der Waals surface area contributed by atoms with Crippen molar-refractivity contribution in [3.05, 3.63) is 35.4 Å². The van der Waals surface area contributed by atoms with E-state index in [4.69, 9.17) is 0 Å². The molecule has 1 aromatic rings. The summed E-state index contributed by atoms with van der Waals surface area (Å²) in [6, 6.07) is 6.90. The topological polar surface area (TPSA) is 69.6 Å². The van der Waals surface area contributed by atoms with Crippen molar-refractivity contribution in [1.29, 1.82) is 0 Å². The lowest BCUT2D eigenvalue weighted by molar-refractivity contribution is -0.142. The minimum absolute atomic E-state index is 0.235. The van der Waals surface area contributed by atoms with E-state index in [0.29, 0.717) is 13.0 Å². The van der Waals surface area contributed by atoms with E-state index < -0.39 is 12.0 Å². The maximum absolute atomic E-state index is 12.1. The average Bonchev–Trinajstić information content (AvgIpc) is 3.21. The number of fused-ring (bicyclic) bond motifs is 1. The molecule has 1 aliphatic heterocycles. The number of hydrogen-bond acceptors (Lipinski definition) is 2. The molecule has 0 radical (unpaired) electrons. The summed E-state index contributed by atoms with van der Waals surface area (Å²) in [4.78, 5) is 24.9. The van der Waals surface area contributed by atoms with Gasteiger partial charge in [0.2, 0.25) is 0 Å². The fourth-order valence-corrected chi connectivity index (χ4v) is 2.44. The van der Waals surface area contributed by atoms with Crippen LogP contribution in [0.3, 0.4) is 0 Å². The van der Waals surface area contributed by atoms with Gasteiger partial charge in [-0.1, -0.05) is 24.3 Å². The SMILES string of the molecule is O=C(O)[C@H]1Cc2ccccc2CN1C(=O)NC1CC1. The van der Waals surface area contributed by atoms with Crippen molar-refractivity contribution in [2.75, 3.05) is 0 Å². The zero-order valence-electron chi connectivity index (χ0n) is 10.5. The maximum Gasteiger partial charge on any atom is 0.326 e. The molecule has 19 heavy (non-hydrogen) atoms. The van der Waals surface area contributed by atoms with Gasteiger partial charge in [-0.3, -0.25) is 0 Å². The van der Waals surface area contributed by atoms with Crippen molar-refractivity contribution in [2.24, 2.45) is 0 Å². The molecule has 1 aromatic carbocycles. The predicted octanol–water partition coefficient (Wildman–Crippen LogP) is 1.37. The molecule has 0 bridgehead atoms. The summed E-state index contributed by atoms with van der Waals surface area (Å²) in [5, 5.41) is 12.2. The minimum Gasteiger partial charge on any atom is -0.480 e. The number of aliphatic carboxylic acids is 1. The molecule has 1 atom stereocenters. The lowest BCUT2D eigenvalue weighted by Crippen LogP contribution is -2.52. The molecule has 0 spiro atoms. The number of urea groups is 1. The van der Waals surface area contributed by atoms with Crippen molar-refractivity contribution in [3.63, 3.8) is 0 Å². The number of amides is 2. The van der Waals surface area contributed by atoms with Crippen LogP contribution in [-0.2, 0) is 17.8 Å². The van der Waals surface area contributed by atoms with E-state index >= 15 is 0 Å². The standard InChI is InChI=1S/C14H16N2O3/c17-13(18)12-7-9-3-1-2-4-10(9)8-16(12)14(19)15-11-5-6-11/h1-4,11-12H,5-8H2,(H,15,19)(H,17,18)/t12-/m1/s1. The maximum atomic E-state index is 12.1. The van der Waals surface area contributed by atoms with Gasteiger partial charge in [0.15, 0.2) is 0 Å². The highest BCUT2D eigenvalue weighted by atomic mass is 16.4. The first-order valence-corrected chi connectivity index (χ1v) is 6.52. The number of carboxylic acids is 1. The number of benzene rings is 1. The van der Waals surface area contributed by atoms with Crippen LogP contribution in [0.1, 0.15) is 24.0 Å². The Morgan fingerprint density at radius 2 is 1.89 bits per heavy atom. The van der Waals surface area contributed by atoms with Crippen LogP contribution in [0.5, 0.6) is 0 Å². The second kappa shape index (κ2) is 4.57. The molecule has 3 rings (SSSR count). The molecule has 0 aromatic heterocycles. The number of carboxylic acid groups (broad SMARTS) is 1. The van der Waals surface area contributed by atoms with E-state index in [1.165, 1.54) is 4.90 Å². The molecular weight excluding hydrogens is 244 g/mol. The second-order valence-corrected chi connectivity index (χ2v) is 5.18. The molecular formula is C14H16N2O3. The molecule has 2 amide bonds. The van der Waals surface area contributed by atoms with Crippen LogP contribution in [0.4, 0.5) is 4.79 Å². The predicted molar refractivity (Wildman–Crippen MR) is 68.7 cm³/mol. The smallest absolute Gasteiger partial charge is 0.326 e. The fraction of sp³-hybridized carbons (Fsp3) is 0.429. The normalized spacial score (nSPS) is 21.7. The number of carbonyl (C=O) groups excluding carboxylic acids is 1. The number of nitrogens with zero attached hydrogens (tertiary/aromatic N) is 1. The van der Waals surface area contributed by atoms with E-state index in [1.807, 2.05) is 24.3 Å². The summed E-state index contributed by atoms with van der Waals surface area (Å²) < 4.78 is 0. The van der Waals surface area contributed by atoms with E-state index in [0.717, 1.165) is 24.0 Å². The third-order valence-corrected chi connectivity index (χ3v) is 3.70. The summed E-state index contributed by atoms with van der Waals surface area (Å²) in [5.41, 5.74) is 2.05. The van der Waals surface area contributed by atoms with Crippen LogP contribution in [-0.4, -0.2) is 34.1 Å². The van der Waals surface area contributed by atoms with Crippen LogP contribution in [0, 0.1) is 0 Å². The van der Waals surface area contributed by atoms with Crippen molar-refractivity contribution >= 4 is 12.0 Å². The molecule has 1 aliphatic carbocycles.